The highest BCUT2D eigenvalue weighted by molar-refractivity contribution is 5.95. The fourth-order valence-electron chi connectivity index (χ4n) is 3.68. The molecule has 1 amide bonds. The molecule has 1 aromatic rings. The first-order chi connectivity index (χ1) is 11.2. The van der Waals surface area contributed by atoms with Gasteiger partial charge in [0.2, 0.25) is 0 Å². The van der Waals surface area contributed by atoms with E-state index in [9.17, 15) is 4.79 Å². The van der Waals surface area contributed by atoms with E-state index < -0.39 is 0 Å². The molecule has 2 fully saturated rings. The summed E-state index contributed by atoms with van der Waals surface area (Å²) in [6, 6.07) is 3.68. The Morgan fingerprint density at radius 1 is 1.29 bits per heavy atom. The van der Waals surface area contributed by atoms with Crippen molar-refractivity contribution in [2.45, 2.75) is 6.42 Å². The maximum atomic E-state index is 12.9. The molecule has 0 spiro atoms. The van der Waals surface area contributed by atoms with Gasteiger partial charge in [-0.3, -0.25) is 4.79 Å². The number of halogens is 1. The van der Waals surface area contributed by atoms with E-state index in [-0.39, 0.29) is 18.3 Å². The summed E-state index contributed by atoms with van der Waals surface area (Å²) in [5.41, 5.74) is 1.58. The summed E-state index contributed by atoms with van der Waals surface area (Å²) >= 11 is 0. The maximum Gasteiger partial charge on any atom is 0.254 e. The number of carbonyl (C=O) groups is 1. The lowest BCUT2D eigenvalue weighted by molar-refractivity contribution is 0.0781. The van der Waals surface area contributed by atoms with Gasteiger partial charge in [-0.1, -0.05) is 6.08 Å². The SMILES string of the molecule is C=CCc1cc(C(=O)N2C[C@H]3CNC[C@H]3C2)cc(OC)c1OC.Cl. The lowest BCUT2D eigenvalue weighted by atomic mass is 10.0. The van der Waals surface area contributed by atoms with Crippen molar-refractivity contribution in [3.05, 3.63) is 35.9 Å². The van der Waals surface area contributed by atoms with Crippen LogP contribution in [0.5, 0.6) is 11.5 Å². The zero-order valence-electron chi connectivity index (χ0n) is 14.2. The second-order valence-electron chi connectivity index (χ2n) is 6.25. The third-order valence-electron chi connectivity index (χ3n) is 4.84. The Hall–Kier alpha value is -1.72. The number of amides is 1. The quantitative estimate of drug-likeness (QED) is 0.825. The number of hydrogen-bond acceptors (Lipinski definition) is 4. The van der Waals surface area contributed by atoms with Crippen molar-refractivity contribution < 1.29 is 14.3 Å². The summed E-state index contributed by atoms with van der Waals surface area (Å²) in [6.07, 6.45) is 2.44. The Morgan fingerprint density at radius 2 is 1.96 bits per heavy atom. The monoisotopic (exact) mass is 352 g/mol. The van der Waals surface area contributed by atoms with Crippen molar-refractivity contribution in [1.29, 1.82) is 0 Å². The van der Waals surface area contributed by atoms with Crippen LogP contribution in [0.3, 0.4) is 0 Å². The van der Waals surface area contributed by atoms with E-state index in [1.165, 1.54) is 0 Å². The van der Waals surface area contributed by atoms with Gasteiger partial charge in [-0.25, -0.2) is 0 Å². The van der Waals surface area contributed by atoms with Gasteiger partial charge in [-0.2, -0.15) is 0 Å². The average Bonchev–Trinajstić information content (AvgIpc) is 3.15. The smallest absolute Gasteiger partial charge is 0.254 e. The Morgan fingerprint density at radius 3 is 2.50 bits per heavy atom. The molecule has 0 bridgehead atoms. The molecule has 132 valence electrons. The number of nitrogens with one attached hydrogen (secondary N) is 1. The zero-order chi connectivity index (χ0) is 16.4. The third kappa shape index (κ3) is 3.37. The average molecular weight is 353 g/mol. The highest BCUT2D eigenvalue weighted by atomic mass is 35.5. The highest BCUT2D eigenvalue weighted by Gasteiger charge is 2.38. The molecule has 0 unspecified atom stereocenters. The predicted octanol–water partition coefficient (Wildman–Crippen LogP) is 2.15. The molecule has 24 heavy (non-hydrogen) atoms. The van der Waals surface area contributed by atoms with Crippen molar-refractivity contribution >= 4 is 18.3 Å². The molecule has 1 aromatic carbocycles. The molecule has 0 aromatic heterocycles. The number of hydrogen-bond donors (Lipinski definition) is 1. The predicted molar refractivity (Wildman–Crippen MR) is 96.4 cm³/mol. The van der Waals surface area contributed by atoms with Crippen molar-refractivity contribution in [3.63, 3.8) is 0 Å². The number of rotatable bonds is 5. The molecule has 6 heteroatoms. The minimum atomic E-state index is 0. The van der Waals surface area contributed by atoms with Gasteiger partial charge >= 0.3 is 0 Å². The van der Waals surface area contributed by atoms with Gasteiger partial charge in [0.1, 0.15) is 0 Å². The molecule has 1 N–H and O–H groups in total. The van der Waals surface area contributed by atoms with Gasteiger partial charge in [-0.15, -0.1) is 19.0 Å². The normalized spacial score (nSPS) is 21.8. The second-order valence-corrected chi connectivity index (χ2v) is 6.25. The van der Waals surface area contributed by atoms with Crippen LogP contribution in [-0.2, 0) is 6.42 Å². The van der Waals surface area contributed by atoms with Crippen molar-refractivity contribution in [2.24, 2.45) is 11.8 Å². The highest BCUT2D eigenvalue weighted by Crippen LogP contribution is 2.34. The molecule has 2 aliphatic rings. The van der Waals surface area contributed by atoms with Gasteiger partial charge < -0.3 is 19.7 Å². The van der Waals surface area contributed by atoms with E-state index in [1.807, 2.05) is 11.0 Å². The number of likely N-dealkylation sites (tertiary alicyclic amines) is 1. The third-order valence-corrected chi connectivity index (χ3v) is 4.84. The fourth-order valence-corrected chi connectivity index (χ4v) is 3.68. The number of allylic oxidation sites excluding steroid dienone is 1. The Balaban J connectivity index is 0.00000208. The minimum Gasteiger partial charge on any atom is -0.493 e. The van der Waals surface area contributed by atoms with E-state index in [0.717, 1.165) is 31.7 Å². The van der Waals surface area contributed by atoms with E-state index >= 15 is 0 Å². The van der Waals surface area contributed by atoms with Crippen molar-refractivity contribution in [1.82, 2.24) is 10.2 Å². The van der Waals surface area contributed by atoms with Crippen LogP contribution in [0, 0.1) is 11.8 Å². The number of ether oxygens (including phenoxy) is 2. The number of benzene rings is 1. The van der Waals surface area contributed by atoms with Gasteiger partial charge in [0.25, 0.3) is 5.91 Å². The van der Waals surface area contributed by atoms with Crippen LogP contribution in [0.15, 0.2) is 24.8 Å². The lowest BCUT2D eigenvalue weighted by Gasteiger charge is -2.20. The van der Waals surface area contributed by atoms with Crippen LogP contribution in [-0.4, -0.2) is 51.2 Å². The molecule has 5 nitrogen and oxygen atoms in total. The Kier molecular flexibility index (Phi) is 6.13. The molecule has 0 aliphatic carbocycles. The Labute approximate surface area is 149 Å². The van der Waals surface area contributed by atoms with Crippen LogP contribution in [0.1, 0.15) is 15.9 Å². The van der Waals surface area contributed by atoms with E-state index in [2.05, 4.69) is 11.9 Å². The Bertz CT molecular complexity index is 609. The zero-order valence-corrected chi connectivity index (χ0v) is 15.0. The molecule has 2 saturated heterocycles. The molecular weight excluding hydrogens is 328 g/mol. The van der Waals surface area contributed by atoms with E-state index in [1.54, 1.807) is 26.4 Å². The van der Waals surface area contributed by atoms with Crippen LogP contribution >= 0.6 is 12.4 Å². The standard InChI is InChI=1S/C18H24N2O3.ClH/c1-4-5-12-6-13(7-16(22-2)17(12)23-3)18(21)20-10-14-8-19-9-15(14)11-20;/h4,6-7,14-15,19H,1,5,8-11H2,2-3H3;1H/t14-,15+;. The minimum absolute atomic E-state index is 0. The molecular formula is C18H25ClN2O3. The summed E-state index contributed by atoms with van der Waals surface area (Å²) in [7, 11) is 3.20. The van der Waals surface area contributed by atoms with Crippen LogP contribution in [0.2, 0.25) is 0 Å². The first kappa shape index (κ1) is 18.6. The number of nitrogens with zero attached hydrogens (tertiary/aromatic N) is 1. The van der Waals surface area contributed by atoms with Gasteiger partial charge in [-0.05, 0) is 30.4 Å². The molecule has 0 saturated carbocycles. The maximum absolute atomic E-state index is 12.9. The molecule has 0 radical (unpaired) electrons. The first-order valence-electron chi connectivity index (χ1n) is 8.03. The topological polar surface area (TPSA) is 50.8 Å². The summed E-state index contributed by atoms with van der Waals surface area (Å²) in [5.74, 6) is 2.52. The fraction of sp³-hybridized carbons (Fsp3) is 0.500. The molecule has 2 atom stereocenters. The number of methoxy groups -OCH3 is 2. The van der Waals surface area contributed by atoms with Gasteiger partial charge in [0.15, 0.2) is 11.5 Å². The van der Waals surface area contributed by atoms with Crippen molar-refractivity contribution in [2.75, 3.05) is 40.4 Å². The summed E-state index contributed by atoms with van der Waals surface area (Å²) in [6.45, 7) is 7.48. The van der Waals surface area contributed by atoms with Gasteiger partial charge in [0.05, 0.1) is 14.2 Å². The lowest BCUT2D eigenvalue weighted by Crippen LogP contribution is -2.32. The van der Waals surface area contributed by atoms with Crippen LogP contribution < -0.4 is 14.8 Å². The second kappa shape index (κ2) is 7.90. The van der Waals surface area contributed by atoms with E-state index in [0.29, 0.717) is 35.3 Å². The molecule has 2 heterocycles. The van der Waals surface area contributed by atoms with Crippen LogP contribution in [0.4, 0.5) is 0 Å². The largest absolute Gasteiger partial charge is 0.493 e. The van der Waals surface area contributed by atoms with Crippen molar-refractivity contribution in [3.8, 4) is 11.5 Å². The first-order valence-corrected chi connectivity index (χ1v) is 8.03. The van der Waals surface area contributed by atoms with E-state index in [4.69, 9.17) is 9.47 Å². The van der Waals surface area contributed by atoms with Gasteiger partial charge in [0, 0.05) is 37.3 Å². The summed E-state index contributed by atoms with van der Waals surface area (Å²) < 4.78 is 10.8. The number of carbonyl (C=O) groups excluding carboxylic acids is 1. The summed E-state index contributed by atoms with van der Waals surface area (Å²) in [4.78, 5) is 14.9. The summed E-state index contributed by atoms with van der Waals surface area (Å²) in [5, 5.41) is 3.40. The molecule has 3 rings (SSSR count). The number of fused-ring (bicyclic) bond motifs is 1. The van der Waals surface area contributed by atoms with Crippen LogP contribution in [0.25, 0.3) is 0 Å². The molecule has 2 aliphatic heterocycles.